The molecule has 0 radical (unpaired) electrons. The van der Waals surface area contributed by atoms with Crippen LogP contribution >= 0.6 is 0 Å². The Balaban J connectivity index is 1.33. The average Bonchev–Trinajstić information content (AvgIpc) is 2.87. The van der Waals surface area contributed by atoms with Crippen molar-refractivity contribution < 1.29 is 14.3 Å². The lowest BCUT2D eigenvalue weighted by Crippen LogP contribution is -2.38. The summed E-state index contributed by atoms with van der Waals surface area (Å²) in [6.07, 6.45) is 3.51. The highest BCUT2D eigenvalue weighted by Crippen LogP contribution is 2.21. The van der Waals surface area contributed by atoms with Gasteiger partial charge in [-0.15, -0.1) is 0 Å². The molecule has 2 aromatic carbocycles. The van der Waals surface area contributed by atoms with Crippen LogP contribution in [-0.2, 0) is 16.0 Å². The van der Waals surface area contributed by atoms with Gasteiger partial charge in [-0.2, -0.15) is 0 Å². The number of hydrogen-bond acceptors (Lipinski definition) is 5. The number of nitrogens with zero attached hydrogens (tertiary/aromatic N) is 2. The number of carbonyl (C=O) groups is 1. The first kappa shape index (κ1) is 21.7. The number of anilines is 1. The lowest BCUT2D eigenvalue weighted by molar-refractivity contribution is 0.0696. The second kappa shape index (κ2) is 9.77. The quantitative estimate of drug-likeness (QED) is 0.651. The van der Waals surface area contributed by atoms with Gasteiger partial charge >= 0.3 is 0 Å². The molecule has 33 heavy (non-hydrogen) atoms. The zero-order valence-corrected chi connectivity index (χ0v) is 18.7. The van der Waals surface area contributed by atoms with Crippen molar-refractivity contribution in [3.63, 3.8) is 0 Å². The van der Waals surface area contributed by atoms with Crippen LogP contribution in [0.15, 0.2) is 59.5 Å². The third-order valence-electron chi connectivity index (χ3n) is 6.44. The van der Waals surface area contributed by atoms with E-state index < -0.39 is 0 Å². The molecule has 0 bridgehead atoms. The molecule has 2 fully saturated rings. The Kier molecular flexibility index (Phi) is 6.41. The van der Waals surface area contributed by atoms with Crippen LogP contribution in [0.2, 0.25) is 0 Å². The van der Waals surface area contributed by atoms with Crippen LogP contribution in [0.4, 0.5) is 5.69 Å². The molecule has 2 aliphatic heterocycles. The number of ether oxygens (including phenoxy) is 2. The number of carbonyl (C=O) groups excluding carboxylic acids is 1. The SMILES string of the molecule is O=C(NC1CCOCC1)c1cccc(Cn2ccc3cc(N4CCOCC4)ccc3c2=O)c1. The molecule has 1 amide bonds. The Labute approximate surface area is 192 Å². The molecule has 0 spiro atoms. The van der Waals surface area contributed by atoms with E-state index in [0.29, 0.717) is 30.7 Å². The Hall–Kier alpha value is -3.16. The molecule has 1 N–H and O–H groups in total. The van der Waals surface area contributed by atoms with Crippen molar-refractivity contribution in [3.05, 3.63) is 76.2 Å². The number of fused-ring (bicyclic) bond motifs is 1. The van der Waals surface area contributed by atoms with Crippen molar-refractivity contribution in [2.24, 2.45) is 0 Å². The fraction of sp³-hybridized carbons (Fsp3) is 0.385. The summed E-state index contributed by atoms with van der Waals surface area (Å²) in [6.45, 7) is 4.96. The van der Waals surface area contributed by atoms with Crippen LogP contribution < -0.4 is 15.8 Å². The highest BCUT2D eigenvalue weighted by atomic mass is 16.5. The van der Waals surface area contributed by atoms with Crippen molar-refractivity contribution in [1.29, 1.82) is 0 Å². The number of aromatic nitrogens is 1. The van der Waals surface area contributed by atoms with E-state index >= 15 is 0 Å². The number of pyridine rings is 1. The first-order valence-electron chi connectivity index (χ1n) is 11.6. The molecule has 0 saturated carbocycles. The third-order valence-corrected chi connectivity index (χ3v) is 6.44. The third kappa shape index (κ3) is 4.94. The number of rotatable bonds is 5. The number of amides is 1. The van der Waals surface area contributed by atoms with E-state index in [2.05, 4.69) is 16.3 Å². The van der Waals surface area contributed by atoms with Gasteiger partial charge in [0.15, 0.2) is 0 Å². The Bertz CT molecular complexity index is 1190. The predicted octanol–water partition coefficient (Wildman–Crippen LogP) is 2.80. The second-order valence-corrected chi connectivity index (χ2v) is 8.68. The lowest BCUT2D eigenvalue weighted by Gasteiger charge is -2.29. The molecule has 1 aromatic heterocycles. The van der Waals surface area contributed by atoms with E-state index in [4.69, 9.17) is 9.47 Å². The summed E-state index contributed by atoms with van der Waals surface area (Å²) in [4.78, 5) is 28.1. The van der Waals surface area contributed by atoms with Gasteiger partial charge in [-0.25, -0.2) is 0 Å². The molecule has 0 atom stereocenters. The minimum Gasteiger partial charge on any atom is -0.381 e. The van der Waals surface area contributed by atoms with Gasteiger partial charge in [0.25, 0.3) is 11.5 Å². The van der Waals surface area contributed by atoms with Gasteiger partial charge in [0, 0.05) is 55.2 Å². The summed E-state index contributed by atoms with van der Waals surface area (Å²) in [5.41, 5.74) is 2.62. The highest BCUT2D eigenvalue weighted by Gasteiger charge is 2.17. The zero-order valence-electron chi connectivity index (χ0n) is 18.7. The van der Waals surface area contributed by atoms with E-state index in [1.54, 1.807) is 4.57 Å². The maximum Gasteiger partial charge on any atom is 0.258 e. The minimum absolute atomic E-state index is 0.0295. The van der Waals surface area contributed by atoms with Crippen LogP contribution in [0.3, 0.4) is 0 Å². The number of nitrogens with one attached hydrogen (secondary N) is 1. The molecule has 5 rings (SSSR count). The van der Waals surface area contributed by atoms with Crippen molar-refractivity contribution in [3.8, 4) is 0 Å². The van der Waals surface area contributed by atoms with Gasteiger partial charge in [0.1, 0.15) is 0 Å². The highest BCUT2D eigenvalue weighted by molar-refractivity contribution is 5.94. The van der Waals surface area contributed by atoms with Crippen molar-refractivity contribution in [2.45, 2.75) is 25.4 Å². The zero-order chi connectivity index (χ0) is 22.6. The maximum absolute atomic E-state index is 13.1. The van der Waals surface area contributed by atoms with Gasteiger partial charge in [0.2, 0.25) is 0 Å². The van der Waals surface area contributed by atoms with Crippen LogP contribution in [0, 0.1) is 0 Å². The molecule has 7 nitrogen and oxygen atoms in total. The number of hydrogen-bond donors (Lipinski definition) is 1. The van der Waals surface area contributed by atoms with E-state index in [0.717, 1.165) is 55.8 Å². The summed E-state index contributed by atoms with van der Waals surface area (Å²) in [5.74, 6) is -0.0785. The molecular formula is C26H29N3O4. The maximum atomic E-state index is 13.1. The van der Waals surface area contributed by atoms with E-state index in [1.165, 1.54) is 0 Å². The predicted molar refractivity (Wildman–Crippen MR) is 128 cm³/mol. The number of morpholine rings is 1. The topological polar surface area (TPSA) is 72.8 Å². The molecule has 0 unspecified atom stereocenters. The monoisotopic (exact) mass is 447 g/mol. The van der Waals surface area contributed by atoms with Crippen LogP contribution in [0.25, 0.3) is 10.8 Å². The molecular weight excluding hydrogens is 418 g/mol. The first-order chi connectivity index (χ1) is 16.2. The Morgan fingerprint density at radius 3 is 2.58 bits per heavy atom. The van der Waals surface area contributed by atoms with Crippen LogP contribution in [-0.4, -0.2) is 56.0 Å². The standard InChI is InChI=1S/C26H29N3O4/c30-25(27-22-7-12-32-13-8-22)21-3-1-2-19(16-21)18-29-9-6-20-17-23(4-5-24(20)26(29)31)28-10-14-33-15-11-28/h1-6,9,16-17,22H,7-8,10-15,18H2,(H,27,30). The fourth-order valence-corrected chi connectivity index (χ4v) is 4.54. The second-order valence-electron chi connectivity index (χ2n) is 8.68. The largest absolute Gasteiger partial charge is 0.381 e. The molecule has 2 aliphatic rings. The Morgan fingerprint density at radius 2 is 1.76 bits per heavy atom. The molecule has 0 aliphatic carbocycles. The van der Waals surface area contributed by atoms with E-state index in [-0.39, 0.29) is 17.5 Å². The fourth-order valence-electron chi connectivity index (χ4n) is 4.54. The summed E-state index contributed by atoms with van der Waals surface area (Å²) in [7, 11) is 0. The van der Waals surface area contributed by atoms with Crippen molar-refractivity contribution >= 4 is 22.4 Å². The molecule has 2 saturated heterocycles. The first-order valence-corrected chi connectivity index (χ1v) is 11.6. The molecule has 3 aromatic rings. The summed E-state index contributed by atoms with van der Waals surface area (Å²) >= 11 is 0. The summed E-state index contributed by atoms with van der Waals surface area (Å²) in [6, 6.07) is 15.6. The Morgan fingerprint density at radius 1 is 0.970 bits per heavy atom. The van der Waals surface area contributed by atoms with E-state index in [1.807, 2.05) is 48.7 Å². The normalized spacial score (nSPS) is 17.3. The molecule has 7 heteroatoms. The lowest BCUT2D eigenvalue weighted by atomic mass is 10.1. The minimum atomic E-state index is -0.0785. The van der Waals surface area contributed by atoms with Gasteiger partial charge in [0.05, 0.1) is 19.8 Å². The van der Waals surface area contributed by atoms with Gasteiger partial charge in [-0.05, 0) is 60.2 Å². The van der Waals surface area contributed by atoms with Crippen LogP contribution in [0.1, 0.15) is 28.8 Å². The van der Waals surface area contributed by atoms with Gasteiger partial charge in [-0.1, -0.05) is 12.1 Å². The summed E-state index contributed by atoms with van der Waals surface area (Å²) in [5, 5.41) is 4.73. The van der Waals surface area contributed by atoms with Crippen molar-refractivity contribution in [1.82, 2.24) is 9.88 Å². The van der Waals surface area contributed by atoms with Crippen LogP contribution in [0.5, 0.6) is 0 Å². The summed E-state index contributed by atoms with van der Waals surface area (Å²) < 4.78 is 12.5. The van der Waals surface area contributed by atoms with E-state index in [9.17, 15) is 9.59 Å². The average molecular weight is 448 g/mol. The van der Waals surface area contributed by atoms with Gasteiger partial charge < -0.3 is 24.3 Å². The molecule has 172 valence electrons. The van der Waals surface area contributed by atoms with Gasteiger partial charge in [-0.3, -0.25) is 9.59 Å². The molecule has 3 heterocycles. The number of benzene rings is 2. The smallest absolute Gasteiger partial charge is 0.258 e. The van der Waals surface area contributed by atoms with Crippen molar-refractivity contribution in [2.75, 3.05) is 44.4 Å².